The van der Waals surface area contributed by atoms with Crippen molar-refractivity contribution in [3.8, 4) is 0 Å². The van der Waals surface area contributed by atoms with Crippen LogP contribution in [-0.4, -0.2) is 40.9 Å². The molecule has 1 fully saturated rings. The second-order valence-corrected chi connectivity index (χ2v) is 4.97. The minimum Gasteiger partial charge on any atom is -0.464 e. The fourth-order valence-corrected chi connectivity index (χ4v) is 2.61. The van der Waals surface area contributed by atoms with Crippen molar-refractivity contribution < 1.29 is 14.3 Å². The standard InChI is InChI=1S/C14H17N3O3/c1-19-14(18)11-3-2-4-12-15-16-13(17(11)12)9-10-5-7-20-8-6-10/h2-4,10H,5-9H2,1H3. The summed E-state index contributed by atoms with van der Waals surface area (Å²) in [4.78, 5) is 11.9. The van der Waals surface area contributed by atoms with Crippen molar-refractivity contribution in [1.82, 2.24) is 14.6 Å². The molecular weight excluding hydrogens is 258 g/mol. The summed E-state index contributed by atoms with van der Waals surface area (Å²) in [6, 6.07) is 5.36. The van der Waals surface area contributed by atoms with Crippen LogP contribution in [0.1, 0.15) is 29.2 Å². The van der Waals surface area contributed by atoms with Gasteiger partial charge in [-0.3, -0.25) is 4.40 Å². The molecule has 0 aromatic carbocycles. The van der Waals surface area contributed by atoms with Gasteiger partial charge in [0, 0.05) is 19.6 Å². The molecule has 0 bridgehead atoms. The van der Waals surface area contributed by atoms with E-state index in [9.17, 15) is 4.79 Å². The summed E-state index contributed by atoms with van der Waals surface area (Å²) in [5.41, 5.74) is 1.15. The van der Waals surface area contributed by atoms with Crippen molar-refractivity contribution in [2.75, 3.05) is 20.3 Å². The Bertz CT molecular complexity index is 617. The fraction of sp³-hybridized carbons (Fsp3) is 0.500. The Morgan fingerprint density at radius 1 is 1.40 bits per heavy atom. The van der Waals surface area contributed by atoms with Crippen molar-refractivity contribution >= 4 is 11.6 Å². The van der Waals surface area contributed by atoms with Crippen LogP contribution in [0.2, 0.25) is 0 Å². The quantitative estimate of drug-likeness (QED) is 0.794. The highest BCUT2D eigenvalue weighted by atomic mass is 16.5. The molecule has 2 aromatic heterocycles. The van der Waals surface area contributed by atoms with E-state index in [4.69, 9.17) is 9.47 Å². The van der Waals surface area contributed by atoms with Crippen LogP contribution >= 0.6 is 0 Å². The summed E-state index contributed by atoms with van der Waals surface area (Å²) in [6.07, 6.45) is 2.85. The SMILES string of the molecule is COC(=O)c1cccc2nnc(CC3CCOCC3)n12. The molecule has 0 radical (unpaired) electrons. The lowest BCUT2D eigenvalue weighted by Gasteiger charge is -2.21. The normalized spacial score (nSPS) is 16.4. The van der Waals surface area contributed by atoms with Crippen molar-refractivity contribution in [1.29, 1.82) is 0 Å². The molecule has 3 rings (SSSR count). The van der Waals surface area contributed by atoms with E-state index in [0.717, 1.165) is 38.3 Å². The van der Waals surface area contributed by atoms with Gasteiger partial charge in [-0.25, -0.2) is 4.79 Å². The first kappa shape index (κ1) is 13.1. The maximum absolute atomic E-state index is 11.9. The van der Waals surface area contributed by atoms with Gasteiger partial charge in [0.1, 0.15) is 11.5 Å². The third-order valence-electron chi connectivity index (χ3n) is 3.70. The third-order valence-corrected chi connectivity index (χ3v) is 3.70. The van der Waals surface area contributed by atoms with E-state index in [1.165, 1.54) is 7.11 Å². The number of ether oxygens (including phenoxy) is 2. The average Bonchev–Trinajstić information content (AvgIpc) is 2.91. The number of carbonyl (C=O) groups is 1. The third kappa shape index (κ3) is 2.38. The monoisotopic (exact) mass is 275 g/mol. The maximum Gasteiger partial charge on any atom is 0.355 e. The number of nitrogens with zero attached hydrogens (tertiary/aromatic N) is 3. The Balaban J connectivity index is 1.96. The maximum atomic E-state index is 11.9. The molecule has 2 aromatic rings. The van der Waals surface area contributed by atoms with Crippen molar-refractivity contribution in [2.24, 2.45) is 5.92 Å². The smallest absolute Gasteiger partial charge is 0.355 e. The first-order valence-corrected chi connectivity index (χ1v) is 6.78. The highest BCUT2D eigenvalue weighted by Gasteiger charge is 2.20. The number of hydrogen-bond acceptors (Lipinski definition) is 5. The molecule has 6 heteroatoms. The molecule has 20 heavy (non-hydrogen) atoms. The van der Waals surface area contributed by atoms with Gasteiger partial charge in [-0.05, 0) is 30.9 Å². The van der Waals surface area contributed by atoms with Crippen molar-refractivity contribution in [3.05, 3.63) is 29.7 Å². The van der Waals surface area contributed by atoms with Gasteiger partial charge in [-0.15, -0.1) is 10.2 Å². The first-order valence-electron chi connectivity index (χ1n) is 6.78. The van der Waals surface area contributed by atoms with Crippen LogP contribution in [0.15, 0.2) is 18.2 Å². The van der Waals surface area contributed by atoms with E-state index in [2.05, 4.69) is 10.2 Å². The molecule has 0 saturated carbocycles. The highest BCUT2D eigenvalue weighted by molar-refractivity contribution is 5.88. The minimum absolute atomic E-state index is 0.372. The van der Waals surface area contributed by atoms with Gasteiger partial charge in [0.15, 0.2) is 5.65 Å². The Morgan fingerprint density at radius 2 is 2.20 bits per heavy atom. The zero-order valence-electron chi connectivity index (χ0n) is 11.4. The van der Waals surface area contributed by atoms with Crippen molar-refractivity contribution in [2.45, 2.75) is 19.3 Å². The van der Waals surface area contributed by atoms with Crippen LogP contribution < -0.4 is 0 Å². The van der Waals surface area contributed by atoms with E-state index in [-0.39, 0.29) is 5.97 Å². The van der Waals surface area contributed by atoms with Gasteiger partial charge in [0.2, 0.25) is 0 Å². The zero-order valence-corrected chi connectivity index (χ0v) is 11.4. The summed E-state index contributed by atoms with van der Waals surface area (Å²) >= 11 is 0. The molecule has 0 aliphatic carbocycles. The molecule has 0 N–H and O–H groups in total. The van der Waals surface area contributed by atoms with Gasteiger partial charge in [0.25, 0.3) is 0 Å². The van der Waals surface area contributed by atoms with E-state index in [0.29, 0.717) is 17.3 Å². The van der Waals surface area contributed by atoms with Gasteiger partial charge in [-0.2, -0.15) is 0 Å². The number of fused-ring (bicyclic) bond motifs is 1. The summed E-state index contributed by atoms with van der Waals surface area (Å²) in [5, 5.41) is 8.37. The number of aromatic nitrogens is 3. The molecule has 1 saturated heterocycles. The summed E-state index contributed by atoms with van der Waals surface area (Å²) in [7, 11) is 1.38. The highest BCUT2D eigenvalue weighted by Crippen LogP contribution is 2.20. The summed E-state index contributed by atoms with van der Waals surface area (Å²) in [5.74, 6) is 0.971. The fourth-order valence-electron chi connectivity index (χ4n) is 2.61. The summed E-state index contributed by atoms with van der Waals surface area (Å²) < 4.78 is 12.0. The Kier molecular flexibility index (Phi) is 3.64. The Labute approximate surface area is 116 Å². The number of pyridine rings is 1. The van der Waals surface area contributed by atoms with E-state index in [1.807, 2.05) is 6.07 Å². The molecule has 1 aliphatic heterocycles. The van der Waals surface area contributed by atoms with Crippen LogP contribution in [0.4, 0.5) is 0 Å². The number of carbonyl (C=O) groups excluding carboxylic acids is 1. The molecular formula is C14H17N3O3. The second kappa shape index (κ2) is 5.58. The zero-order chi connectivity index (χ0) is 13.9. The molecule has 0 atom stereocenters. The van der Waals surface area contributed by atoms with Crippen LogP contribution in [0.25, 0.3) is 5.65 Å². The molecule has 0 unspecified atom stereocenters. The Hall–Kier alpha value is -1.95. The predicted octanol–water partition coefficient (Wildman–Crippen LogP) is 1.48. The Morgan fingerprint density at radius 3 is 2.95 bits per heavy atom. The summed E-state index contributed by atoms with van der Waals surface area (Å²) in [6.45, 7) is 1.59. The number of rotatable bonds is 3. The van der Waals surface area contributed by atoms with Crippen LogP contribution in [-0.2, 0) is 15.9 Å². The van der Waals surface area contributed by atoms with Gasteiger partial charge >= 0.3 is 5.97 Å². The first-order chi connectivity index (χ1) is 9.79. The lowest BCUT2D eigenvalue weighted by Crippen LogP contribution is -2.19. The lowest BCUT2D eigenvalue weighted by atomic mass is 9.96. The van der Waals surface area contributed by atoms with E-state index < -0.39 is 0 Å². The molecule has 6 nitrogen and oxygen atoms in total. The minimum atomic E-state index is -0.372. The number of esters is 1. The van der Waals surface area contributed by atoms with Crippen LogP contribution in [0.5, 0.6) is 0 Å². The molecule has 3 heterocycles. The van der Waals surface area contributed by atoms with Crippen molar-refractivity contribution in [3.63, 3.8) is 0 Å². The number of hydrogen-bond donors (Lipinski definition) is 0. The number of methoxy groups -OCH3 is 1. The van der Waals surface area contributed by atoms with Gasteiger partial charge < -0.3 is 9.47 Å². The topological polar surface area (TPSA) is 65.7 Å². The molecule has 0 spiro atoms. The van der Waals surface area contributed by atoms with Crippen LogP contribution in [0.3, 0.4) is 0 Å². The lowest BCUT2D eigenvalue weighted by molar-refractivity contribution is 0.0588. The largest absolute Gasteiger partial charge is 0.464 e. The molecule has 106 valence electrons. The molecule has 0 amide bonds. The van der Waals surface area contributed by atoms with E-state index in [1.54, 1.807) is 16.5 Å². The average molecular weight is 275 g/mol. The molecule has 1 aliphatic rings. The van der Waals surface area contributed by atoms with E-state index >= 15 is 0 Å². The second-order valence-electron chi connectivity index (χ2n) is 4.97. The predicted molar refractivity (Wildman–Crippen MR) is 71.6 cm³/mol. The van der Waals surface area contributed by atoms with Gasteiger partial charge in [0.05, 0.1) is 7.11 Å². The van der Waals surface area contributed by atoms with Gasteiger partial charge in [-0.1, -0.05) is 6.07 Å². The van der Waals surface area contributed by atoms with Crippen LogP contribution in [0, 0.1) is 5.92 Å².